The molecule has 2 rings (SSSR count). The first-order valence-corrected chi connectivity index (χ1v) is 4.87. The van der Waals surface area contributed by atoms with Gasteiger partial charge in [-0.3, -0.25) is 4.68 Å². The lowest BCUT2D eigenvalue weighted by Crippen LogP contribution is -2.12. The summed E-state index contributed by atoms with van der Waals surface area (Å²) in [6.45, 7) is 2.45. The van der Waals surface area contributed by atoms with Crippen LogP contribution in [-0.4, -0.2) is 4.68 Å². The number of hydrogen-bond acceptors (Lipinski definition) is 1. The van der Waals surface area contributed by atoms with Crippen molar-refractivity contribution in [2.45, 2.75) is 13.5 Å². The van der Waals surface area contributed by atoms with E-state index in [9.17, 15) is 4.39 Å². The van der Waals surface area contributed by atoms with Gasteiger partial charge in [0.15, 0.2) is 0 Å². The van der Waals surface area contributed by atoms with Crippen LogP contribution in [-0.2, 0) is 6.54 Å². The summed E-state index contributed by atoms with van der Waals surface area (Å²) < 4.78 is 15.2. The molecule has 0 radical (unpaired) electrons. The van der Waals surface area contributed by atoms with Gasteiger partial charge in [0.25, 0.3) is 0 Å². The molecule has 2 nitrogen and oxygen atoms in total. The monoisotopic (exact) mass is 204 g/mol. The molecule has 0 saturated heterocycles. The fourth-order valence-electron chi connectivity index (χ4n) is 1.46. The van der Waals surface area contributed by atoms with Gasteiger partial charge in [0, 0.05) is 18.0 Å². The number of benzene rings is 1. The van der Waals surface area contributed by atoms with Crippen LogP contribution in [0.1, 0.15) is 11.1 Å². The maximum absolute atomic E-state index is 13.3. The fraction of sp³-hybridized carbons (Fsp3) is 0.167. The first-order chi connectivity index (χ1) is 7.25. The van der Waals surface area contributed by atoms with Crippen LogP contribution in [0.15, 0.2) is 42.7 Å². The van der Waals surface area contributed by atoms with Crippen molar-refractivity contribution in [3.8, 4) is 0 Å². The summed E-state index contributed by atoms with van der Waals surface area (Å²) in [7, 11) is 0. The average molecular weight is 204 g/mol. The maximum Gasteiger partial charge on any atom is 0.128 e. The first-order valence-electron chi connectivity index (χ1n) is 4.87. The Morgan fingerprint density at radius 1 is 1.27 bits per heavy atom. The topological polar surface area (TPSA) is 17.0 Å². The molecule has 0 bridgehead atoms. The summed E-state index contributed by atoms with van der Waals surface area (Å²) in [5.74, 6) is -0.166. The number of hydrogen-bond donors (Lipinski definition) is 1. The van der Waals surface area contributed by atoms with E-state index in [4.69, 9.17) is 0 Å². The molecule has 3 heteroatoms. The summed E-state index contributed by atoms with van der Waals surface area (Å²) in [6, 6.07) is 8.96. The van der Waals surface area contributed by atoms with Gasteiger partial charge in [-0.25, -0.2) is 4.39 Å². The second kappa shape index (κ2) is 4.17. The largest absolute Gasteiger partial charge is 0.322 e. The minimum absolute atomic E-state index is 0.166. The Morgan fingerprint density at radius 3 is 2.73 bits per heavy atom. The molecule has 0 amide bonds. The predicted octanol–water partition coefficient (Wildman–Crippen LogP) is 2.68. The SMILES string of the molecule is Cc1ccc(F)c(CNn2cccc2)c1. The van der Waals surface area contributed by atoms with Crippen molar-refractivity contribution in [1.29, 1.82) is 0 Å². The summed E-state index contributed by atoms with van der Waals surface area (Å²) in [5, 5.41) is 0. The summed E-state index contributed by atoms with van der Waals surface area (Å²) >= 11 is 0. The van der Waals surface area contributed by atoms with Crippen LogP contribution < -0.4 is 5.43 Å². The quantitative estimate of drug-likeness (QED) is 0.813. The third-order valence-electron chi connectivity index (χ3n) is 2.26. The van der Waals surface area contributed by atoms with Crippen molar-refractivity contribution in [1.82, 2.24) is 4.68 Å². The Kier molecular flexibility index (Phi) is 2.72. The Bertz CT molecular complexity index is 435. The number of nitrogens with one attached hydrogen (secondary N) is 1. The van der Waals surface area contributed by atoms with Gasteiger partial charge in [0.2, 0.25) is 0 Å². The van der Waals surface area contributed by atoms with Crippen molar-refractivity contribution in [3.05, 3.63) is 59.7 Å². The molecule has 1 heterocycles. The van der Waals surface area contributed by atoms with E-state index in [0.717, 1.165) is 5.56 Å². The molecule has 0 unspecified atom stereocenters. The first kappa shape index (κ1) is 9.77. The van der Waals surface area contributed by atoms with E-state index in [1.807, 2.05) is 42.2 Å². The molecule has 0 aliphatic rings. The average Bonchev–Trinajstić information content (AvgIpc) is 2.72. The molecule has 0 aliphatic heterocycles. The Morgan fingerprint density at radius 2 is 2.00 bits per heavy atom. The van der Waals surface area contributed by atoms with Crippen molar-refractivity contribution in [3.63, 3.8) is 0 Å². The molecular weight excluding hydrogens is 191 g/mol. The molecule has 0 fully saturated rings. The van der Waals surface area contributed by atoms with Crippen LogP contribution in [0, 0.1) is 12.7 Å². The molecule has 0 atom stereocenters. The van der Waals surface area contributed by atoms with Gasteiger partial charge in [-0.2, -0.15) is 0 Å². The molecule has 1 aromatic carbocycles. The van der Waals surface area contributed by atoms with Gasteiger partial charge < -0.3 is 5.43 Å². The fourth-order valence-corrected chi connectivity index (χ4v) is 1.46. The van der Waals surface area contributed by atoms with Crippen LogP contribution in [0.5, 0.6) is 0 Å². The van der Waals surface area contributed by atoms with Gasteiger partial charge in [-0.15, -0.1) is 0 Å². The van der Waals surface area contributed by atoms with Crippen molar-refractivity contribution in [2.75, 3.05) is 5.43 Å². The highest BCUT2D eigenvalue weighted by molar-refractivity contribution is 5.24. The summed E-state index contributed by atoms with van der Waals surface area (Å²) in [5.41, 5.74) is 4.84. The van der Waals surface area contributed by atoms with E-state index in [1.165, 1.54) is 6.07 Å². The molecule has 1 aromatic heterocycles. The molecule has 0 spiro atoms. The number of aryl methyl sites for hydroxylation is 1. The molecular formula is C12H13FN2. The number of rotatable bonds is 3. The normalized spacial score (nSPS) is 10.3. The minimum Gasteiger partial charge on any atom is -0.322 e. The van der Waals surface area contributed by atoms with Crippen molar-refractivity contribution < 1.29 is 4.39 Å². The number of aromatic nitrogens is 1. The van der Waals surface area contributed by atoms with Gasteiger partial charge in [-0.05, 0) is 25.1 Å². The van der Waals surface area contributed by atoms with Gasteiger partial charge in [0.05, 0.1) is 6.54 Å². The van der Waals surface area contributed by atoms with Crippen LogP contribution in [0.25, 0.3) is 0 Å². The Hall–Kier alpha value is -1.77. The van der Waals surface area contributed by atoms with Crippen LogP contribution in [0.4, 0.5) is 4.39 Å². The van der Waals surface area contributed by atoms with E-state index in [0.29, 0.717) is 12.1 Å². The van der Waals surface area contributed by atoms with Gasteiger partial charge in [-0.1, -0.05) is 17.7 Å². The van der Waals surface area contributed by atoms with Gasteiger partial charge >= 0.3 is 0 Å². The zero-order chi connectivity index (χ0) is 10.7. The van der Waals surface area contributed by atoms with E-state index < -0.39 is 0 Å². The molecule has 2 aromatic rings. The smallest absolute Gasteiger partial charge is 0.128 e. The number of nitrogens with zero attached hydrogens (tertiary/aromatic N) is 1. The second-order valence-corrected chi connectivity index (χ2v) is 3.52. The van der Waals surface area contributed by atoms with E-state index in [2.05, 4.69) is 5.43 Å². The Labute approximate surface area is 88.3 Å². The molecule has 78 valence electrons. The Balaban J connectivity index is 2.07. The molecule has 0 saturated carbocycles. The second-order valence-electron chi connectivity index (χ2n) is 3.52. The maximum atomic E-state index is 13.3. The van der Waals surface area contributed by atoms with E-state index in [1.54, 1.807) is 6.07 Å². The standard InChI is InChI=1S/C12H13FN2/c1-10-4-5-12(13)11(8-10)9-14-15-6-2-3-7-15/h2-8,14H,9H2,1H3. The van der Waals surface area contributed by atoms with Crippen LogP contribution >= 0.6 is 0 Å². The van der Waals surface area contributed by atoms with E-state index in [-0.39, 0.29) is 5.82 Å². The van der Waals surface area contributed by atoms with Crippen LogP contribution in [0.2, 0.25) is 0 Å². The lowest BCUT2D eigenvalue weighted by atomic mass is 10.1. The minimum atomic E-state index is -0.166. The lowest BCUT2D eigenvalue weighted by molar-refractivity contribution is 0.608. The zero-order valence-corrected chi connectivity index (χ0v) is 8.57. The summed E-state index contributed by atoms with van der Waals surface area (Å²) in [4.78, 5) is 0. The van der Waals surface area contributed by atoms with Crippen molar-refractivity contribution >= 4 is 0 Å². The lowest BCUT2D eigenvalue weighted by Gasteiger charge is -2.08. The summed E-state index contributed by atoms with van der Waals surface area (Å²) in [6.07, 6.45) is 3.77. The highest BCUT2D eigenvalue weighted by Gasteiger charge is 2.01. The number of halogens is 1. The molecule has 15 heavy (non-hydrogen) atoms. The highest BCUT2D eigenvalue weighted by atomic mass is 19.1. The zero-order valence-electron chi connectivity index (χ0n) is 8.57. The van der Waals surface area contributed by atoms with Crippen LogP contribution in [0.3, 0.4) is 0 Å². The van der Waals surface area contributed by atoms with E-state index >= 15 is 0 Å². The van der Waals surface area contributed by atoms with Gasteiger partial charge in [0.1, 0.15) is 5.82 Å². The predicted molar refractivity (Wildman–Crippen MR) is 58.6 cm³/mol. The third kappa shape index (κ3) is 2.37. The molecule has 0 aliphatic carbocycles. The third-order valence-corrected chi connectivity index (χ3v) is 2.26. The highest BCUT2D eigenvalue weighted by Crippen LogP contribution is 2.09. The molecule has 1 N–H and O–H groups in total. The van der Waals surface area contributed by atoms with Crippen molar-refractivity contribution in [2.24, 2.45) is 0 Å².